The topological polar surface area (TPSA) is 41.2 Å². The molecule has 2 aromatic rings. The van der Waals surface area contributed by atoms with E-state index in [4.69, 9.17) is 4.74 Å². The van der Waals surface area contributed by atoms with Gasteiger partial charge in [-0.25, -0.2) is 0 Å². The predicted octanol–water partition coefficient (Wildman–Crippen LogP) is 3.27. The molecule has 1 aromatic heterocycles. The largest absolute Gasteiger partial charge is 0.379 e. The second-order valence-electron chi connectivity index (χ2n) is 6.15. The van der Waals surface area contributed by atoms with Crippen molar-refractivity contribution in [3.05, 3.63) is 47.3 Å². The van der Waals surface area contributed by atoms with Crippen LogP contribution in [0.25, 0.3) is 11.1 Å². The van der Waals surface area contributed by atoms with E-state index in [1.165, 1.54) is 5.56 Å². The number of morpholine rings is 1. The van der Waals surface area contributed by atoms with Gasteiger partial charge in [0.1, 0.15) is 11.8 Å². The van der Waals surface area contributed by atoms with Gasteiger partial charge in [-0.3, -0.25) is 4.90 Å². The Morgan fingerprint density at radius 2 is 1.83 bits per heavy atom. The monoisotopic (exact) mass is 309 g/mol. The highest BCUT2D eigenvalue weighted by molar-refractivity contribution is 5.68. The maximum Gasteiger partial charge on any atom is 0.120 e. The highest BCUT2D eigenvalue weighted by atomic mass is 16.5. The Balaban J connectivity index is 1.83. The average molecular weight is 309 g/mol. The van der Waals surface area contributed by atoms with Crippen LogP contribution in [-0.2, 0) is 11.8 Å². The van der Waals surface area contributed by atoms with Gasteiger partial charge in [0, 0.05) is 37.4 Å². The lowest BCUT2D eigenvalue weighted by atomic mass is 10.0. The molecule has 1 aromatic carbocycles. The van der Waals surface area contributed by atoms with E-state index in [2.05, 4.69) is 49.1 Å². The molecule has 1 saturated heterocycles. The van der Waals surface area contributed by atoms with Gasteiger partial charge in [0.2, 0.25) is 0 Å². The van der Waals surface area contributed by atoms with E-state index < -0.39 is 0 Å². The quantitative estimate of drug-likeness (QED) is 0.874. The molecular formula is C19H23N3O. The van der Waals surface area contributed by atoms with E-state index in [0.29, 0.717) is 11.7 Å². The fourth-order valence-electron chi connectivity index (χ4n) is 3.22. The molecule has 0 N–H and O–H groups in total. The highest BCUT2D eigenvalue weighted by Crippen LogP contribution is 2.29. The maximum absolute atomic E-state index is 9.18. The summed E-state index contributed by atoms with van der Waals surface area (Å²) in [6, 6.07) is 13.3. The number of nitrogens with zero attached hydrogens (tertiary/aromatic N) is 3. The summed E-state index contributed by atoms with van der Waals surface area (Å²) in [6.45, 7) is 7.94. The van der Waals surface area contributed by atoms with Gasteiger partial charge in [0.15, 0.2) is 0 Å². The standard InChI is InChI=1S/C19H23N3O/c1-14(22-8-10-23-11-9-22)16-4-6-17(7-5-16)19-12-18(13-20)21(3)15(19)2/h4-7,12,14H,8-11H2,1-3H3. The molecule has 1 atom stereocenters. The third-order valence-corrected chi connectivity index (χ3v) is 4.95. The molecule has 4 nitrogen and oxygen atoms in total. The van der Waals surface area contributed by atoms with Gasteiger partial charge in [-0.2, -0.15) is 5.26 Å². The van der Waals surface area contributed by atoms with Crippen molar-refractivity contribution in [2.45, 2.75) is 19.9 Å². The number of hydrogen-bond acceptors (Lipinski definition) is 3. The maximum atomic E-state index is 9.18. The number of ether oxygens (including phenoxy) is 1. The van der Waals surface area contributed by atoms with Gasteiger partial charge in [0.25, 0.3) is 0 Å². The van der Waals surface area contributed by atoms with Crippen molar-refractivity contribution in [2.75, 3.05) is 26.3 Å². The van der Waals surface area contributed by atoms with Gasteiger partial charge < -0.3 is 9.30 Å². The number of aromatic nitrogens is 1. The van der Waals surface area contributed by atoms with Crippen LogP contribution in [-0.4, -0.2) is 35.8 Å². The minimum atomic E-state index is 0.402. The summed E-state index contributed by atoms with van der Waals surface area (Å²) in [5, 5.41) is 9.18. The van der Waals surface area contributed by atoms with Crippen molar-refractivity contribution in [2.24, 2.45) is 7.05 Å². The third-order valence-electron chi connectivity index (χ3n) is 4.95. The molecule has 2 heterocycles. The van der Waals surface area contributed by atoms with Crippen molar-refractivity contribution in [1.29, 1.82) is 5.26 Å². The Labute approximate surface area is 137 Å². The van der Waals surface area contributed by atoms with Crippen LogP contribution in [0.3, 0.4) is 0 Å². The summed E-state index contributed by atoms with van der Waals surface area (Å²) in [7, 11) is 1.94. The molecular weight excluding hydrogens is 286 g/mol. The Hall–Kier alpha value is -2.09. The lowest BCUT2D eigenvalue weighted by molar-refractivity contribution is 0.0198. The molecule has 0 amide bonds. The molecule has 0 spiro atoms. The highest BCUT2D eigenvalue weighted by Gasteiger charge is 2.18. The van der Waals surface area contributed by atoms with Gasteiger partial charge in [-0.1, -0.05) is 24.3 Å². The summed E-state index contributed by atoms with van der Waals surface area (Å²) in [6.07, 6.45) is 0. The Kier molecular flexibility index (Phi) is 4.51. The summed E-state index contributed by atoms with van der Waals surface area (Å²) < 4.78 is 7.37. The fraction of sp³-hybridized carbons (Fsp3) is 0.421. The molecule has 3 rings (SSSR count). The summed E-state index contributed by atoms with van der Waals surface area (Å²) in [4.78, 5) is 2.46. The van der Waals surface area contributed by atoms with Gasteiger partial charge in [-0.15, -0.1) is 0 Å². The first-order valence-electron chi connectivity index (χ1n) is 8.10. The van der Waals surface area contributed by atoms with Crippen molar-refractivity contribution in [3.63, 3.8) is 0 Å². The van der Waals surface area contributed by atoms with Crippen LogP contribution >= 0.6 is 0 Å². The molecule has 0 bridgehead atoms. The van der Waals surface area contributed by atoms with E-state index in [1.807, 2.05) is 17.7 Å². The van der Waals surface area contributed by atoms with E-state index >= 15 is 0 Å². The van der Waals surface area contributed by atoms with E-state index in [-0.39, 0.29) is 0 Å². The number of benzene rings is 1. The van der Waals surface area contributed by atoms with Crippen LogP contribution in [0.4, 0.5) is 0 Å². The second kappa shape index (κ2) is 6.57. The van der Waals surface area contributed by atoms with Gasteiger partial charge >= 0.3 is 0 Å². The zero-order valence-electron chi connectivity index (χ0n) is 14.0. The molecule has 1 fully saturated rings. The van der Waals surface area contributed by atoms with Crippen molar-refractivity contribution >= 4 is 0 Å². The molecule has 1 unspecified atom stereocenters. The Morgan fingerprint density at radius 3 is 2.39 bits per heavy atom. The molecule has 1 aliphatic heterocycles. The fourth-order valence-corrected chi connectivity index (χ4v) is 3.22. The Morgan fingerprint density at radius 1 is 1.17 bits per heavy atom. The van der Waals surface area contributed by atoms with E-state index in [1.54, 1.807) is 0 Å². The predicted molar refractivity (Wildman–Crippen MR) is 91.1 cm³/mol. The minimum Gasteiger partial charge on any atom is -0.379 e. The summed E-state index contributed by atoms with van der Waals surface area (Å²) in [5.41, 5.74) is 5.44. The lowest BCUT2D eigenvalue weighted by Gasteiger charge is -2.32. The average Bonchev–Trinajstić information content (AvgIpc) is 2.90. The number of hydrogen-bond donors (Lipinski definition) is 0. The van der Waals surface area contributed by atoms with Crippen LogP contribution in [0.15, 0.2) is 30.3 Å². The van der Waals surface area contributed by atoms with Crippen LogP contribution in [0.1, 0.15) is 29.9 Å². The van der Waals surface area contributed by atoms with E-state index in [9.17, 15) is 5.26 Å². The van der Waals surface area contributed by atoms with Gasteiger partial charge in [-0.05, 0) is 31.0 Å². The third kappa shape index (κ3) is 3.03. The molecule has 4 heteroatoms. The van der Waals surface area contributed by atoms with Gasteiger partial charge in [0.05, 0.1) is 13.2 Å². The molecule has 1 aliphatic rings. The molecule has 0 aliphatic carbocycles. The van der Waals surface area contributed by atoms with Crippen LogP contribution in [0, 0.1) is 18.3 Å². The first kappa shape index (κ1) is 15.8. The first-order chi connectivity index (χ1) is 11.1. The zero-order valence-corrected chi connectivity index (χ0v) is 14.0. The first-order valence-corrected chi connectivity index (χ1v) is 8.10. The Bertz CT molecular complexity index is 718. The van der Waals surface area contributed by atoms with Crippen LogP contribution in [0.5, 0.6) is 0 Å². The van der Waals surface area contributed by atoms with Crippen LogP contribution < -0.4 is 0 Å². The van der Waals surface area contributed by atoms with Crippen LogP contribution in [0.2, 0.25) is 0 Å². The number of rotatable bonds is 3. The normalized spacial score (nSPS) is 17.0. The summed E-state index contributed by atoms with van der Waals surface area (Å²) >= 11 is 0. The van der Waals surface area contributed by atoms with Crippen molar-refractivity contribution in [3.8, 4) is 17.2 Å². The van der Waals surface area contributed by atoms with Crippen molar-refractivity contribution in [1.82, 2.24) is 9.47 Å². The molecule has 23 heavy (non-hydrogen) atoms. The van der Waals surface area contributed by atoms with E-state index in [0.717, 1.165) is 43.1 Å². The molecule has 120 valence electrons. The smallest absolute Gasteiger partial charge is 0.120 e. The lowest BCUT2D eigenvalue weighted by Crippen LogP contribution is -2.37. The summed E-state index contributed by atoms with van der Waals surface area (Å²) in [5.74, 6) is 0. The molecule has 0 radical (unpaired) electrons. The molecule has 0 saturated carbocycles. The minimum absolute atomic E-state index is 0.402. The SMILES string of the molecule is Cc1c(-c2ccc(C(C)N3CCOCC3)cc2)cc(C#N)n1C. The zero-order chi connectivity index (χ0) is 16.4. The second-order valence-corrected chi connectivity index (χ2v) is 6.15. The number of nitriles is 1. The van der Waals surface area contributed by atoms with Crippen molar-refractivity contribution < 1.29 is 4.74 Å².